The fourth-order valence-corrected chi connectivity index (χ4v) is 4.39. The summed E-state index contributed by atoms with van der Waals surface area (Å²) in [4.78, 5) is 71.4. The number of nitro groups is 2. The van der Waals surface area contributed by atoms with Crippen molar-refractivity contribution in [2.24, 2.45) is 0 Å². The first-order valence-corrected chi connectivity index (χ1v) is 14.0. The highest BCUT2D eigenvalue weighted by Crippen LogP contribution is 2.24. The van der Waals surface area contributed by atoms with E-state index in [1.165, 1.54) is 48.5 Å². The number of hydroxylamine groups is 4. The maximum absolute atomic E-state index is 12.1. The summed E-state index contributed by atoms with van der Waals surface area (Å²) in [7, 11) is 0. The van der Waals surface area contributed by atoms with Gasteiger partial charge in [0.05, 0.1) is 32.1 Å². The van der Waals surface area contributed by atoms with Crippen LogP contribution in [0, 0.1) is 20.2 Å². The molecule has 0 saturated carbocycles. The Balaban J connectivity index is 0.000000169. The van der Waals surface area contributed by atoms with Gasteiger partial charge in [0.25, 0.3) is 35.0 Å². The Morgan fingerprint density at radius 1 is 0.600 bits per heavy atom. The van der Waals surface area contributed by atoms with Gasteiger partial charge in [-0.05, 0) is 47.5 Å². The largest absolute Gasteiger partial charge is 0.285 e. The summed E-state index contributed by atoms with van der Waals surface area (Å²) in [6.07, 6.45) is 0. The van der Waals surface area contributed by atoms with E-state index in [2.05, 4.69) is 15.9 Å². The van der Waals surface area contributed by atoms with Crippen molar-refractivity contribution < 1.29 is 39.1 Å². The van der Waals surface area contributed by atoms with Gasteiger partial charge in [0.15, 0.2) is 0 Å². The van der Waals surface area contributed by atoms with Crippen LogP contribution >= 0.6 is 15.9 Å². The van der Waals surface area contributed by atoms with Crippen molar-refractivity contribution in [1.29, 1.82) is 0 Å². The van der Waals surface area contributed by atoms with E-state index < -0.39 is 33.5 Å². The van der Waals surface area contributed by atoms with Crippen molar-refractivity contribution in [1.82, 2.24) is 10.1 Å². The molecule has 14 nitrogen and oxygen atoms in total. The SMILES string of the molecule is O=C1c2ccccc2C(=O)N1O.O=C1c2ccccc2C(=O)N1OCc1ccc([N+](=O)[O-])cc1.O=[N+]([O-])c1ccc(CBr)cc1. The molecule has 2 aliphatic heterocycles. The van der Waals surface area contributed by atoms with Crippen LogP contribution in [0.25, 0.3) is 0 Å². The zero-order valence-electron chi connectivity index (χ0n) is 22.9. The van der Waals surface area contributed by atoms with Crippen LogP contribution in [0.2, 0.25) is 0 Å². The van der Waals surface area contributed by atoms with E-state index in [-0.39, 0.29) is 34.2 Å². The highest BCUT2D eigenvalue weighted by molar-refractivity contribution is 9.08. The highest BCUT2D eigenvalue weighted by Gasteiger charge is 2.36. The van der Waals surface area contributed by atoms with Gasteiger partial charge in [-0.25, -0.2) is 0 Å². The first kappa shape index (κ1) is 32.3. The number of imide groups is 2. The van der Waals surface area contributed by atoms with Crippen molar-refractivity contribution in [3.63, 3.8) is 0 Å². The number of fused-ring (bicyclic) bond motifs is 2. The molecule has 45 heavy (non-hydrogen) atoms. The molecular formula is C30H21BrN4O10. The molecule has 0 saturated heterocycles. The van der Waals surface area contributed by atoms with Crippen LogP contribution in [0.3, 0.4) is 0 Å². The number of carbonyl (C=O) groups is 4. The van der Waals surface area contributed by atoms with E-state index >= 15 is 0 Å². The van der Waals surface area contributed by atoms with E-state index in [9.17, 15) is 39.4 Å². The number of nitrogens with zero attached hydrogens (tertiary/aromatic N) is 4. The molecule has 6 rings (SSSR count). The zero-order chi connectivity index (χ0) is 32.7. The van der Waals surface area contributed by atoms with Crippen molar-refractivity contribution in [3.05, 3.63) is 151 Å². The summed E-state index contributed by atoms with van der Waals surface area (Å²) in [5, 5.41) is 31.3. The molecule has 0 spiro atoms. The average molecular weight is 677 g/mol. The topological polar surface area (TPSA) is 190 Å². The number of nitro benzene ring substituents is 2. The third-order valence-electron chi connectivity index (χ3n) is 6.34. The molecule has 4 amide bonds. The Morgan fingerprint density at radius 3 is 1.31 bits per heavy atom. The summed E-state index contributed by atoms with van der Waals surface area (Å²) in [5.41, 5.74) is 2.86. The summed E-state index contributed by atoms with van der Waals surface area (Å²) in [6, 6.07) is 24.9. The maximum Gasteiger partial charge on any atom is 0.285 e. The van der Waals surface area contributed by atoms with Crippen LogP contribution < -0.4 is 0 Å². The Hall–Kier alpha value is -5.64. The monoisotopic (exact) mass is 676 g/mol. The molecule has 228 valence electrons. The minimum absolute atomic E-state index is 0.0375. The maximum atomic E-state index is 12.1. The summed E-state index contributed by atoms with van der Waals surface area (Å²) in [5.74, 6) is -2.34. The number of non-ortho nitro benzene ring substituents is 2. The third-order valence-corrected chi connectivity index (χ3v) is 6.99. The van der Waals surface area contributed by atoms with Crippen LogP contribution in [0.15, 0.2) is 97.1 Å². The molecule has 2 heterocycles. The van der Waals surface area contributed by atoms with Crippen molar-refractivity contribution in [2.75, 3.05) is 0 Å². The third kappa shape index (κ3) is 7.30. The first-order valence-electron chi connectivity index (χ1n) is 12.8. The van der Waals surface area contributed by atoms with E-state index in [0.717, 1.165) is 10.9 Å². The lowest BCUT2D eigenvalue weighted by atomic mass is 10.1. The molecule has 0 fully saturated rings. The number of rotatable bonds is 6. The number of carbonyl (C=O) groups excluding carboxylic acids is 4. The summed E-state index contributed by atoms with van der Waals surface area (Å²) >= 11 is 3.25. The van der Waals surface area contributed by atoms with Gasteiger partial charge in [-0.2, -0.15) is 0 Å². The molecule has 4 aromatic rings. The summed E-state index contributed by atoms with van der Waals surface area (Å²) < 4.78 is 0. The smallest absolute Gasteiger partial charge is 0.278 e. The predicted molar refractivity (Wildman–Crippen MR) is 159 cm³/mol. The first-order chi connectivity index (χ1) is 21.5. The van der Waals surface area contributed by atoms with Gasteiger partial charge in [-0.15, -0.1) is 10.1 Å². The number of alkyl halides is 1. The fraction of sp³-hybridized carbons (Fsp3) is 0.0667. The lowest BCUT2D eigenvalue weighted by molar-refractivity contribution is -0.385. The summed E-state index contributed by atoms with van der Waals surface area (Å²) in [6.45, 7) is -0.0382. The lowest BCUT2D eigenvalue weighted by Gasteiger charge is -2.13. The van der Waals surface area contributed by atoms with E-state index in [4.69, 9.17) is 10.0 Å². The second-order valence-corrected chi connectivity index (χ2v) is 9.73. The van der Waals surface area contributed by atoms with Gasteiger partial charge in [-0.1, -0.05) is 52.3 Å². The Morgan fingerprint density at radius 2 is 0.956 bits per heavy atom. The number of hydrogen-bond acceptors (Lipinski definition) is 10. The Kier molecular flexibility index (Phi) is 10.2. The molecule has 0 unspecified atom stereocenters. The quantitative estimate of drug-likeness (QED) is 0.0898. The molecule has 2 aliphatic rings. The van der Waals surface area contributed by atoms with Gasteiger partial charge in [-0.3, -0.25) is 49.5 Å². The van der Waals surface area contributed by atoms with Gasteiger partial charge >= 0.3 is 0 Å². The Labute approximate surface area is 262 Å². The second-order valence-electron chi connectivity index (χ2n) is 9.17. The zero-order valence-corrected chi connectivity index (χ0v) is 24.5. The van der Waals surface area contributed by atoms with Crippen LogP contribution in [0.4, 0.5) is 11.4 Å². The minimum atomic E-state index is -0.657. The molecule has 1 N–H and O–H groups in total. The number of amides is 4. The van der Waals surface area contributed by atoms with E-state index in [0.29, 0.717) is 21.8 Å². The lowest BCUT2D eigenvalue weighted by Crippen LogP contribution is -2.29. The predicted octanol–water partition coefficient (Wildman–Crippen LogP) is 5.48. The molecule has 0 aromatic heterocycles. The van der Waals surface area contributed by atoms with Crippen LogP contribution in [-0.4, -0.2) is 48.8 Å². The van der Waals surface area contributed by atoms with Crippen LogP contribution in [-0.2, 0) is 16.8 Å². The van der Waals surface area contributed by atoms with Crippen LogP contribution in [0.5, 0.6) is 0 Å². The molecule has 4 aromatic carbocycles. The second kappa shape index (κ2) is 14.2. The van der Waals surface area contributed by atoms with Gasteiger partial charge in [0.2, 0.25) is 0 Å². The van der Waals surface area contributed by atoms with Gasteiger partial charge < -0.3 is 0 Å². The van der Waals surface area contributed by atoms with Gasteiger partial charge in [0, 0.05) is 29.6 Å². The molecule has 0 aliphatic carbocycles. The van der Waals surface area contributed by atoms with Crippen molar-refractivity contribution >= 4 is 50.9 Å². The van der Waals surface area contributed by atoms with Gasteiger partial charge in [0.1, 0.15) is 6.61 Å². The van der Waals surface area contributed by atoms with Crippen molar-refractivity contribution in [3.8, 4) is 0 Å². The van der Waals surface area contributed by atoms with E-state index in [1.54, 1.807) is 48.5 Å². The molecular weight excluding hydrogens is 656 g/mol. The minimum Gasteiger partial charge on any atom is -0.278 e. The standard InChI is InChI=1S/C15H10N2O5.C8H5NO3.C7H6BrNO2/c18-14-12-3-1-2-4-13(12)15(19)16(14)22-9-10-5-7-11(8-6-10)17(20)21;10-7-5-3-1-2-4-6(5)8(11)9(7)12;8-5-6-1-3-7(4-2-6)9(10)11/h1-8H,9H2;1-4,12H;1-4H,5H2. The molecule has 0 atom stereocenters. The normalized spacial score (nSPS) is 12.9. The molecule has 15 heteroatoms. The van der Waals surface area contributed by atoms with Crippen LogP contribution in [0.1, 0.15) is 52.6 Å². The fourth-order valence-electron chi connectivity index (χ4n) is 4.02. The Bertz CT molecular complexity index is 1730. The molecule has 0 radical (unpaired) electrons. The van der Waals surface area contributed by atoms with E-state index in [1.807, 2.05) is 0 Å². The number of benzene rings is 4. The average Bonchev–Trinajstić information content (AvgIpc) is 3.44. The number of hydrogen-bond donors (Lipinski definition) is 1. The highest BCUT2D eigenvalue weighted by atomic mass is 79.9. The molecule has 0 bridgehead atoms. The number of halogens is 1. The van der Waals surface area contributed by atoms with Crippen molar-refractivity contribution in [2.45, 2.75) is 11.9 Å².